The summed E-state index contributed by atoms with van der Waals surface area (Å²) in [5, 5.41) is 0. The maximum atomic E-state index is 12.6. The fourth-order valence-electron chi connectivity index (χ4n) is 1.85. The van der Waals surface area contributed by atoms with Crippen LogP contribution in [0, 0.1) is 0 Å². The summed E-state index contributed by atoms with van der Waals surface area (Å²) in [5.41, 5.74) is 5.69. The fourth-order valence-corrected chi connectivity index (χ4v) is 4.20. The van der Waals surface area contributed by atoms with Crippen LogP contribution >= 0.6 is 15.9 Å². The van der Waals surface area contributed by atoms with E-state index in [1.165, 1.54) is 12.3 Å². The molecule has 100 valence electrons. The number of aromatic nitrogens is 1. The number of hydrogen-bond donors (Lipinski definition) is 1. The largest absolute Gasteiger partial charge is 0.383 e. The average Bonchev–Trinajstić information content (AvgIpc) is 3.13. The van der Waals surface area contributed by atoms with Crippen LogP contribution in [0.25, 0.3) is 0 Å². The first-order valence-electron chi connectivity index (χ1n) is 5.89. The Morgan fingerprint density at radius 1 is 1.56 bits per heavy atom. The van der Waals surface area contributed by atoms with Gasteiger partial charge in [-0.3, -0.25) is 0 Å². The highest BCUT2D eigenvalue weighted by atomic mass is 79.9. The third-order valence-electron chi connectivity index (χ3n) is 2.83. The van der Waals surface area contributed by atoms with E-state index in [0.29, 0.717) is 11.0 Å². The van der Waals surface area contributed by atoms with Gasteiger partial charge in [0.15, 0.2) is 0 Å². The molecule has 2 rings (SSSR count). The Hall–Kier alpha value is -0.660. The fraction of sp³-hybridized carbons (Fsp3) is 0.545. The number of rotatable bonds is 5. The molecule has 1 aromatic heterocycles. The second-order valence-electron chi connectivity index (χ2n) is 4.38. The summed E-state index contributed by atoms with van der Waals surface area (Å²) in [6.45, 7) is 2.49. The molecule has 0 unspecified atom stereocenters. The molecule has 1 saturated carbocycles. The van der Waals surface area contributed by atoms with Crippen LogP contribution in [0.2, 0.25) is 0 Å². The lowest BCUT2D eigenvalue weighted by Crippen LogP contribution is -2.34. The summed E-state index contributed by atoms with van der Waals surface area (Å²) >= 11 is 3.23. The molecule has 1 aromatic rings. The van der Waals surface area contributed by atoms with Crippen LogP contribution in [-0.2, 0) is 10.0 Å². The highest BCUT2D eigenvalue weighted by molar-refractivity contribution is 9.10. The molecular formula is C11H16BrN3O2S. The molecule has 1 heterocycles. The number of anilines is 1. The lowest BCUT2D eigenvalue weighted by atomic mass is 10.5. The highest BCUT2D eigenvalue weighted by Crippen LogP contribution is 2.34. The molecule has 0 aromatic carbocycles. The Morgan fingerprint density at radius 3 is 2.78 bits per heavy atom. The third-order valence-corrected chi connectivity index (χ3v) is 5.25. The SMILES string of the molecule is CCCN(C1CC1)S(=O)(=O)c1cc(Br)cnc1N. The Labute approximate surface area is 116 Å². The zero-order chi connectivity index (χ0) is 13.3. The summed E-state index contributed by atoms with van der Waals surface area (Å²) in [7, 11) is -3.54. The van der Waals surface area contributed by atoms with Crippen molar-refractivity contribution in [3.8, 4) is 0 Å². The van der Waals surface area contributed by atoms with Crippen molar-refractivity contribution in [2.24, 2.45) is 0 Å². The average molecular weight is 334 g/mol. The molecule has 7 heteroatoms. The van der Waals surface area contributed by atoms with Gasteiger partial charge in [-0.15, -0.1) is 0 Å². The van der Waals surface area contributed by atoms with E-state index in [1.807, 2.05) is 6.92 Å². The molecule has 1 fully saturated rings. The van der Waals surface area contributed by atoms with Crippen molar-refractivity contribution in [3.05, 3.63) is 16.7 Å². The number of nitrogens with two attached hydrogens (primary N) is 1. The first-order valence-corrected chi connectivity index (χ1v) is 8.13. The van der Waals surface area contributed by atoms with Gasteiger partial charge in [0.05, 0.1) is 0 Å². The van der Waals surface area contributed by atoms with Crippen molar-refractivity contribution in [1.29, 1.82) is 0 Å². The maximum absolute atomic E-state index is 12.6. The zero-order valence-corrected chi connectivity index (χ0v) is 12.5. The maximum Gasteiger partial charge on any atom is 0.247 e. The van der Waals surface area contributed by atoms with Crippen LogP contribution in [0.3, 0.4) is 0 Å². The molecule has 0 amide bonds. The monoisotopic (exact) mass is 333 g/mol. The van der Waals surface area contributed by atoms with Crippen LogP contribution in [-0.4, -0.2) is 30.3 Å². The number of halogens is 1. The Bertz CT molecular complexity index is 543. The Kier molecular flexibility index (Phi) is 3.93. The van der Waals surface area contributed by atoms with Gasteiger partial charge < -0.3 is 5.73 Å². The van der Waals surface area contributed by atoms with Gasteiger partial charge in [-0.1, -0.05) is 6.92 Å². The van der Waals surface area contributed by atoms with Gasteiger partial charge >= 0.3 is 0 Å². The second-order valence-corrected chi connectivity index (χ2v) is 7.16. The second kappa shape index (κ2) is 5.14. The minimum Gasteiger partial charge on any atom is -0.383 e. The van der Waals surface area contributed by atoms with E-state index in [9.17, 15) is 8.42 Å². The summed E-state index contributed by atoms with van der Waals surface area (Å²) in [4.78, 5) is 3.99. The lowest BCUT2D eigenvalue weighted by molar-refractivity contribution is 0.403. The van der Waals surface area contributed by atoms with E-state index in [2.05, 4.69) is 20.9 Å². The van der Waals surface area contributed by atoms with Crippen molar-refractivity contribution >= 4 is 31.8 Å². The van der Waals surface area contributed by atoms with E-state index < -0.39 is 10.0 Å². The van der Waals surface area contributed by atoms with Gasteiger partial charge in [-0.2, -0.15) is 4.31 Å². The smallest absolute Gasteiger partial charge is 0.247 e. The van der Waals surface area contributed by atoms with Gasteiger partial charge in [0.1, 0.15) is 10.7 Å². The number of nitrogen functional groups attached to an aromatic ring is 1. The summed E-state index contributed by atoms with van der Waals surface area (Å²) in [5.74, 6) is 0.0555. The molecule has 0 bridgehead atoms. The predicted octanol–water partition coefficient (Wildman–Crippen LogP) is 1.99. The quantitative estimate of drug-likeness (QED) is 0.893. The van der Waals surface area contributed by atoms with Crippen LogP contribution in [0.4, 0.5) is 5.82 Å². The summed E-state index contributed by atoms with van der Waals surface area (Å²) in [6, 6.07) is 1.65. The van der Waals surface area contributed by atoms with Crippen LogP contribution < -0.4 is 5.73 Å². The van der Waals surface area contributed by atoms with Gasteiger partial charge in [-0.25, -0.2) is 13.4 Å². The van der Waals surface area contributed by atoms with Gasteiger partial charge in [0, 0.05) is 23.3 Å². The zero-order valence-electron chi connectivity index (χ0n) is 10.1. The molecule has 0 spiro atoms. The van der Waals surface area contributed by atoms with E-state index in [1.54, 1.807) is 4.31 Å². The minimum atomic E-state index is -3.54. The van der Waals surface area contributed by atoms with Gasteiger partial charge in [-0.05, 0) is 41.3 Å². The van der Waals surface area contributed by atoms with Crippen molar-refractivity contribution < 1.29 is 8.42 Å². The van der Waals surface area contributed by atoms with Gasteiger partial charge in [0.25, 0.3) is 0 Å². The normalized spacial score (nSPS) is 16.2. The minimum absolute atomic E-state index is 0.0555. The number of nitrogens with zero attached hydrogens (tertiary/aromatic N) is 2. The van der Waals surface area contributed by atoms with Crippen molar-refractivity contribution in [2.45, 2.75) is 37.1 Å². The Balaban J connectivity index is 2.42. The third kappa shape index (κ3) is 2.67. The molecule has 1 aliphatic rings. The number of hydrogen-bond acceptors (Lipinski definition) is 4. The highest BCUT2D eigenvalue weighted by Gasteiger charge is 2.38. The molecular weight excluding hydrogens is 318 g/mol. The van der Waals surface area contributed by atoms with E-state index >= 15 is 0 Å². The molecule has 5 nitrogen and oxygen atoms in total. The molecule has 2 N–H and O–H groups in total. The van der Waals surface area contributed by atoms with Crippen molar-refractivity contribution in [2.75, 3.05) is 12.3 Å². The molecule has 0 atom stereocenters. The molecule has 0 aliphatic heterocycles. The molecule has 0 radical (unpaired) electrons. The van der Waals surface area contributed by atoms with Crippen LogP contribution in [0.5, 0.6) is 0 Å². The van der Waals surface area contributed by atoms with Crippen molar-refractivity contribution in [3.63, 3.8) is 0 Å². The number of pyridine rings is 1. The first-order chi connectivity index (χ1) is 8.46. The Morgan fingerprint density at radius 2 is 2.22 bits per heavy atom. The van der Waals surface area contributed by atoms with Crippen LogP contribution in [0.1, 0.15) is 26.2 Å². The standard InChI is InChI=1S/C11H16BrN3O2S/c1-2-5-15(9-3-4-9)18(16,17)10-6-8(12)7-14-11(10)13/h6-7,9H,2-5H2,1H3,(H2,13,14). The van der Waals surface area contributed by atoms with Crippen LogP contribution in [0.15, 0.2) is 21.6 Å². The lowest BCUT2D eigenvalue weighted by Gasteiger charge is -2.21. The summed E-state index contributed by atoms with van der Waals surface area (Å²) < 4.78 is 27.3. The van der Waals surface area contributed by atoms with E-state index in [4.69, 9.17) is 5.73 Å². The summed E-state index contributed by atoms with van der Waals surface area (Å²) in [6.07, 6.45) is 4.15. The number of sulfonamides is 1. The molecule has 1 aliphatic carbocycles. The molecule has 0 saturated heterocycles. The first kappa shape index (κ1) is 13.8. The topological polar surface area (TPSA) is 76.3 Å². The van der Waals surface area contributed by atoms with E-state index in [0.717, 1.165) is 19.3 Å². The van der Waals surface area contributed by atoms with Gasteiger partial charge in [0.2, 0.25) is 10.0 Å². The predicted molar refractivity (Wildman–Crippen MR) is 73.6 cm³/mol. The van der Waals surface area contributed by atoms with Crippen molar-refractivity contribution in [1.82, 2.24) is 9.29 Å². The molecule has 18 heavy (non-hydrogen) atoms. The van der Waals surface area contributed by atoms with E-state index in [-0.39, 0.29) is 16.8 Å².